The maximum atomic E-state index is 13.1. The minimum absolute atomic E-state index is 0.207. The molecule has 0 saturated carbocycles. The predicted octanol–water partition coefficient (Wildman–Crippen LogP) is 1.22. The number of rotatable bonds is 5. The summed E-state index contributed by atoms with van der Waals surface area (Å²) in [5.41, 5.74) is 0.592. The molecule has 30 heavy (non-hydrogen) atoms. The molecular formula is C20H21N5O5. The molecule has 2 aromatic rings. The number of urea groups is 1. The van der Waals surface area contributed by atoms with E-state index in [2.05, 4.69) is 15.3 Å². The second-order valence-corrected chi connectivity index (χ2v) is 7.02. The second kappa shape index (κ2) is 7.97. The molecule has 2 atom stereocenters. The predicted molar refractivity (Wildman–Crippen MR) is 105 cm³/mol. The van der Waals surface area contributed by atoms with Gasteiger partial charge in [0.15, 0.2) is 0 Å². The number of nitrogens with zero attached hydrogens (tertiary/aromatic N) is 4. The lowest BCUT2D eigenvalue weighted by Gasteiger charge is -2.32. The Bertz CT molecular complexity index is 961. The van der Waals surface area contributed by atoms with E-state index in [-0.39, 0.29) is 29.6 Å². The van der Waals surface area contributed by atoms with Crippen LogP contribution in [0.1, 0.15) is 23.3 Å². The lowest BCUT2D eigenvalue weighted by molar-refractivity contribution is -0.120. The summed E-state index contributed by atoms with van der Waals surface area (Å²) in [6.45, 7) is 0.359. The molecule has 10 nitrogen and oxygen atoms in total. The Morgan fingerprint density at radius 3 is 2.50 bits per heavy atom. The first-order valence-corrected chi connectivity index (χ1v) is 9.46. The molecule has 0 radical (unpaired) electrons. The summed E-state index contributed by atoms with van der Waals surface area (Å²) >= 11 is 0. The molecule has 1 aromatic carbocycles. The van der Waals surface area contributed by atoms with Crippen LogP contribution in [0.2, 0.25) is 0 Å². The maximum absolute atomic E-state index is 13.1. The van der Waals surface area contributed by atoms with Gasteiger partial charge in [-0.2, -0.15) is 0 Å². The molecule has 1 N–H and O–H groups in total. The number of hydrogen-bond acceptors (Lipinski definition) is 7. The molecule has 4 rings (SSSR count). The van der Waals surface area contributed by atoms with Crippen LogP contribution in [0.5, 0.6) is 11.5 Å². The molecule has 156 valence electrons. The van der Waals surface area contributed by atoms with Gasteiger partial charge in [-0.15, -0.1) is 0 Å². The van der Waals surface area contributed by atoms with Crippen molar-refractivity contribution in [1.29, 1.82) is 0 Å². The van der Waals surface area contributed by atoms with Gasteiger partial charge in [-0.05, 0) is 12.8 Å². The van der Waals surface area contributed by atoms with E-state index in [0.29, 0.717) is 36.6 Å². The van der Waals surface area contributed by atoms with Crippen LogP contribution in [-0.2, 0) is 4.79 Å². The van der Waals surface area contributed by atoms with Gasteiger partial charge in [0.2, 0.25) is 0 Å². The Kier molecular flexibility index (Phi) is 5.21. The summed E-state index contributed by atoms with van der Waals surface area (Å²) in [6, 6.07) is 3.61. The van der Waals surface area contributed by atoms with E-state index in [9.17, 15) is 14.4 Å². The highest BCUT2D eigenvalue weighted by atomic mass is 16.5. The average Bonchev–Trinajstić information content (AvgIpc) is 3.03. The van der Waals surface area contributed by atoms with Gasteiger partial charge < -0.3 is 19.7 Å². The lowest BCUT2D eigenvalue weighted by atomic mass is 9.98. The first-order valence-electron chi connectivity index (χ1n) is 9.46. The van der Waals surface area contributed by atoms with Crippen molar-refractivity contribution >= 4 is 23.5 Å². The highest BCUT2D eigenvalue weighted by Crippen LogP contribution is 2.35. The van der Waals surface area contributed by atoms with Crippen LogP contribution in [0.25, 0.3) is 0 Å². The Morgan fingerprint density at radius 1 is 1.13 bits per heavy atom. The van der Waals surface area contributed by atoms with E-state index in [1.54, 1.807) is 23.1 Å². The number of anilines is 1. The average molecular weight is 411 g/mol. The van der Waals surface area contributed by atoms with Crippen molar-refractivity contribution in [3.8, 4) is 11.5 Å². The van der Waals surface area contributed by atoms with E-state index < -0.39 is 6.04 Å². The molecular weight excluding hydrogens is 390 g/mol. The zero-order valence-electron chi connectivity index (χ0n) is 16.6. The number of fused-ring (bicyclic) bond motifs is 1. The van der Waals surface area contributed by atoms with Gasteiger partial charge in [0.05, 0.1) is 26.1 Å². The molecule has 2 fully saturated rings. The van der Waals surface area contributed by atoms with Gasteiger partial charge in [-0.1, -0.05) is 0 Å². The lowest BCUT2D eigenvalue weighted by Crippen LogP contribution is -2.49. The quantitative estimate of drug-likeness (QED) is 0.736. The summed E-state index contributed by atoms with van der Waals surface area (Å²) in [7, 11) is 3.00. The Morgan fingerprint density at radius 2 is 1.87 bits per heavy atom. The Balaban J connectivity index is 1.52. The molecule has 0 unspecified atom stereocenters. The van der Waals surface area contributed by atoms with E-state index in [1.807, 2.05) is 0 Å². The molecule has 2 aliphatic rings. The van der Waals surface area contributed by atoms with E-state index in [4.69, 9.17) is 9.47 Å². The van der Waals surface area contributed by atoms with Gasteiger partial charge in [0, 0.05) is 43.2 Å². The number of carbonyl (C=O) groups excluding carboxylic acids is 3. The number of benzene rings is 1. The smallest absolute Gasteiger partial charge is 0.332 e. The second-order valence-electron chi connectivity index (χ2n) is 7.02. The number of piperidine rings is 1. The van der Waals surface area contributed by atoms with Gasteiger partial charge in [-0.3, -0.25) is 14.6 Å². The Labute approximate surface area is 172 Å². The maximum Gasteiger partial charge on any atom is 0.332 e. The zero-order chi connectivity index (χ0) is 21.3. The fourth-order valence-corrected chi connectivity index (χ4v) is 3.77. The summed E-state index contributed by atoms with van der Waals surface area (Å²) < 4.78 is 10.5. The molecule has 3 heterocycles. The van der Waals surface area contributed by atoms with Crippen LogP contribution in [0.4, 0.5) is 10.5 Å². The third-order valence-electron chi connectivity index (χ3n) is 5.27. The number of imide groups is 1. The van der Waals surface area contributed by atoms with Crippen molar-refractivity contribution in [2.75, 3.05) is 25.7 Å². The Hall–Kier alpha value is -3.69. The third kappa shape index (κ3) is 3.51. The molecule has 2 aliphatic heterocycles. The van der Waals surface area contributed by atoms with Crippen molar-refractivity contribution in [3.05, 3.63) is 42.5 Å². The van der Waals surface area contributed by atoms with Crippen LogP contribution in [0, 0.1) is 0 Å². The number of ether oxygens (including phenoxy) is 2. The minimum atomic E-state index is -0.643. The number of nitrogens with one attached hydrogen (secondary N) is 1. The van der Waals surface area contributed by atoms with Gasteiger partial charge >= 0.3 is 6.03 Å². The number of carbonyl (C=O) groups is 3. The number of amides is 4. The molecule has 0 aliphatic carbocycles. The van der Waals surface area contributed by atoms with Crippen LogP contribution in [0.3, 0.4) is 0 Å². The van der Waals surface area contributed by atoms with E-state index in [0.717, 1.165) is 4.90 Å². The first-order chi connectivity index (χ1) is 14.5. The van der Waals surface area contributed by atoms with Crippen LogP contribution in [0.15, 0.2) is 36.8 Å². The first kappa shape index (κ1) is 19.6. The molecule has 0 spiro atoms. The fourth-order valence-electron chi connectivity index (χ4n) is 3.77. The van der Waals surface area contributed by atoms with Crippen LogP contribution < -0.4 is 19.7 Å². The summed E-state index contributed by atoms with van der Waals surface area (Å²) in [5, 5.41) is 2.88. The van der Waals surface area contributed by atoms with Crippen molar-refractivity contribution in [2.45, 2.75) is 24.9 Å². The SMILES string of the molecule is COc1cc(OC)cc(N2C(=O)[C@@H]3C[C@@H](NC(=O)c4cnccn4)CCN3C2=O)c1. The number of hydrogen-bond donors (Lipinski definition) is 1. The van der Waals surface area contributed by atoms with Crippen LogP contribution >= 0.6 is 0 Å². The molecule has 1 aromatic heterocycles. The normalized spacial score (nSPS) is 20.7. The third-order valence-corrected chi connectivity index (χ3v) is 5.27. The highest BCUT2D eigenvalue weighted by molar-refractivity contribution is 6.21. The largest absolute Gasteiger partial charge is 0.497 e. The monoisotopic (exact) mass is 411 g/mol. The highest BCUT2D eigenvalue weighted by Gasteiger charge is 2.49. The van der Waals surface area contributed by atoms with Crippen molar-refractivity contribution in [3.63, 3.8) is 0 Å². The van der Waals surface area contributed by atoms with Crippen LogP contribution in [-0.4, -0.2) is 65.6 Å². The molecule has 10 heteroatoms. The summed E-state index contributed by atoms with van der Waals surface area (Å²) in [5.74, 6) is 0.259. The molecule has 4 amide bonds. The van der Waals surface area contributed by atoms with Gasteiger partial charge in [-0.25, -0.2) is 14.7 Å². The summed E-state index contributed by atoms with van der Waals surface area (Å²) in [4.78, 5) is 49.0. The van der Waals surface area contributed by atoms with Crippen molar-refractivity contribution < 1.29 is 23.9 Å². The van der Waals surface area contributed by atoms with Crippen molar-refractivity contribution in [2.24, 2.45) is 0 Å². The van der Waals surface area contributed by atoms with E-state index >= 15 is 0 Å². The number of methoxy groups -OCH3 is 2. The summed E-state index contributed by atoms with van der Waals surface area (Å²) in [6.07, 6.45) is 5.18. The van der Waals surface area contributed by atoms with Crippen molar-refractivity contribution in [1.82, 2.24) is 20.2 Å². The molecule has 2 saturated heterocycles. The van der Waals surface area contributed by atoms with E-state index in [1.165, 1.54) is 32.8 Å². The number of aromatic nitrogens is 2. The minimum Gasteiger partial charge on any atom is -0.497 e. The van der Waals surface area contributed by atoms with Gasteiger partial charge in [0.1, 0.15) is 23.2 Å². The fraction of sp³-hybridized carbons (Fsp3) is 0.350. The van der Waals surface area contributed by atoms with Gasteiger partial charge in [0.25, 0.3) is 11.8 Å². The standard InChI is InChI=1S/C20H21N5O5/c1-29-14-8-13(9-15(10-14)30-2)25-19(27)17-7-12(3-6-24(17)20(25)28)23-18(26)16-11-21-4-5-22-16/h4-5,8-12,17H,3,6-7H2,1-2H3,(H,23,26)/t12-,17-/m0/s1. The topological polar surface area (TPSA) is 114 Å². The zero-order valence-corrected chi connectivity index (χ0v) is 16.6. The molecule has 0 bridgehead atoms.